The molecule has 88 valence electrons. The van der Waals surface area contributed by atoms with E-state index in [0.717, 1.165) is 38.9 Å². The number of hydrogen-bond acceptors (Lipinski definition) is 1. The highest BCUT2D eigenvalue weighted by molar-refractivity contribution is 5.66. The summed E-state index contributed by atoms with van der Waals surface area (Å²) in [5.74, 6) is 2.70. The summed E-state index contributed by atoms with van der Waals surface area (Å²) in [6.45, 7) is 3.35. The Labute approximate surface area is 104 Å². The van der Waals surface area contributed by atoms with Crippen molar-refractivity contribution in [3.05, 3.63) is 42.0 Å². The number of unbranched alkanes of at least 4 members (excludes halogenated alkanes) is 1. The Morgan fingerprint density at radius 3 is 2.71 bits per heavy atom. The van der Waals surface area contributed by atoms with Crippen LogP contribution in [-0.4, -0.2) is 24.5 Å². The molecule has 0 bridgehead atoms. The van der Waals surface area contributed by atoms with Gasteiger partial charge >= 0.3 is 0 Å². The largest absolute Gasteiger partial charge is 0.299 e. The number of terminal acetylenes is 1. The highest BCUT2D eigenvalue weighted by atomic mass is 15.1. The SMILES string of the molecule is C#CCCCN1CC=C(c2ccccc2)CC1. The van der Waals surface area contributed by atoms with Gasteiger partial charge in [0.15, 0.2) is 0 Å². The average molecular weight is 225 g/mol. The van der Waals surface area contributed by atoms with Crippen molar-refractivity contribution in [2.24, 2.45) is 0 Å². The summed E-state index contributed by atoms with van der Waals surface area (Å²) >= 11 is 0. The van der Waals surface area contributed by atoms with Gasteiger partial charge in [-0.05, 0) is 30.5 Å². The van der Waals surface area contributed by atoms with E-state index in [1.165, 1.54) is 11.1 Å². The van der Waals surface area contributed by atoms with Crippen molar-refractivity contribution >= 4 is 5.57 Å². The van der Waals surface area contributed by atoms with E-state index in [2.05, 4.69) is 47.2 Å². The van der Waals surface area contributed by atoms with Crippen LogP contribution in [-0.2, 0) is 0 Å². The predicted octanol–water partition coefficient (Wildman–Crippen LogP) is 3.19. The van der Waals surface area contributed by atoms with Crippen molar-refractivity contribution in [2.45, 2.75) is 19.3 Å². The van der Waals surface area contributed by atoms with Crippen molar-refractivity contribution in [3.63, 3.8) is 0 Å². The third kappa shape index (κ3) is 3.47. The maximum atomic E-state index is 5.26. The predicted molar refractivity (Wildman–Crippen MR) is 73.5 cm³/mol. The normalized spacial score (nSPS) is 16.3. The van der Waals surface area contributed by atoms with Gasteiger partial charge in [-0.15, -0.1) is 12.3 Å². The Hall–Kier alpha value is -1.52. The van der Waals surface area contributed by atoms with Gasteiger partial charge in [0, 0.05) is 19.5 Å². The number of benzene rings is 1. The maximum absolute atomic E-state index is 5.26. The molecule has 17 heavy (non-hydrogen) atoms. The molecule has 0 saturated heterocycles. The molecule has 0 unspecified atom stereocenters. The zero-order chi connectivity index (χ0) is 11.9. The van der Waals surface area contributed by atoms with Gasteiger partial charge in [-0.3, -0.25) is 4.90 Å². The summed E-state index contributed by atoms with van der Waals surface area (Å²) in [4.78, 5) is 2.48. The van der Waals surface area contributed by atoms with Gasteiger partial charge in [0.2, 0.25) is 0 Å². The highest BCUT2D eigenvalue weighted by Gasteiger charge is 2.11. The molecule has 1 aromatic carbocycles. The number of nitrogens with zero attached hydrogens (tertiary/aromatic N) is 1. The zero-order valence-corrected chi connectivity index (χ0v) is 10.2. The summed E-state index contributed by atoms with van der Waals surface area (Å²) in [5, 5.41) is 0. The summed E-state index contributed by atoms with van der Waals surface area (Å²) in [7, 11) is 0. The first kappa shape index (κ1) is 12.0. The second-order valence-electron chi connectivity index (χ2n) is 4.45. The molecule has 2 rings (SSSR count). The zero-order valence-electron chi connectivity index (χ0n) is 10.2. The van der Waals surface area contributed by atoms with E-state index in [1.54, 1.807) is 0 Å². The van der Waals surface area contributed by atoms with E-state index in [4.69, 9.17) is 6.42 Å². The van der Waals surface area contributed by atoms with Crippen LogP contribution in [0.4, 0.5) is 0 Å². The van der Waals surface area contributed by atoms with Gasteiger partial charge in [0.1, 0.15) is 0 Å². The van der Waals surface area contributed by atoms with Crippen molar-refractivity contribution in [2.75, 3.05) is 19.6 Å². The quantitative estimate of drug-likeness (QED) is 0.562. The van der Waals surface area contributed by atoms with Gasteiger partial charge in [-0.2, -0.15) is 0 Å². The summed E-state index contributed by atoms with van der Waals surface area (Å²) < 4.78 is 0. The second kappa shape index (κ2) is 6.27. The molecule has 0 aromatic heterocycles. The molecule has 1 aromatic rings. The molecule has 0 amide bonds. The third-order valence-corrected chi connectivity index (χ3v) is 3.23. The number of rotatable bonds is 4. The molecule has 0 atom stereocenters. The smallest absolute Gasteiger partial charge is 0.0169 e. The molecule has 0 aliphatic carbocycles. The molecular weight excluding hydrogens is 206 g/mol. The van der Waals surface area contributed by atoms with Gasteiger partial charge in [0.05, 0.1) is 0 Å². The minimum absolute atomic E-state index is 0.895. The fourth-order valence-corrected chi connectivity index (χ4v) is 2.23. The Morgan fingerprint density at radius 2 is 2.06 bits per heavy atom. The summed E-state index contributed by atoms with van der Waals surface area (Å²) in [6, 6.07) is 10.7. The first-order valence-electron chi connectivity index (χ1n) is 6.30. The van der Waals surface area contributed by atoms with E-state index in [1.807, 2.05) is 0 Å². The van der Waals surface area contributed by atoms with Gasteiger partial charge in [-0.25, -0.2) is 0 Å². The van der Waals surface area contributed by atoms with Crippen LogP contribution >= 0.6 is 0 Å². The standard InChI is InChI=1S/C16H19N/c1-2-3-7-12-17-13-10-16(11-14-17)15-8-5-4-6-9-15/h1,4-6,8-10H,3,7,11-14H2. The molecule has 1 heteroatoms. The molecule has 0 N–H and O–H groups in total. The highest BCUT2D eigenvalue weighted by Crippen LogP contribution is 2.21. The van der Waals surface area contributed by atoms with E-state index in [-0.39, 0.29) is 0 Å². The average Bonchev–Trinajstić information content (AvgIpc) is 2.41. The van der Waals surface area contributed by atoms with Crippen LogP contribution in [0.15, 0.2) is 36.4 Å². The Kier molecular flexibility index (Phi) is 4.41. The lowest BCUT2D eigenvalue weighted by molar-refractivity contribution is 0.299. The number of hydrogen-bond donors (Lipinski definition) is 0. The summed E-state index contributed by atoms with van der Waals surface area (Å²) in [6.07, 6.45) is 10.8. The molecule has 0 fully saturated rings. The van der Waals surface area contributed by atoms with Crippen LogP contribution in [0.3, 0.4) is 0 Å². The Bertz CT molecular complexity index is 411. The molecule has 1 nitrogen and oxygen atoms in total. The molecule has 1 heterocycles. The van der Waals surface area contributed by atoms with Gasteiger partial charge in [-0.1, -0.05) is 36.4 Å². The van der Waals surface area contributed by atoms with Crippen molar-refractivity contribution in [1.29, 1.82) is 0 Å². The monoisotopic (exact) mass is 225 g/mol. The van der Waals surface area contributed by atoms with Crippen molar-refractivity contribution in [3.8, 4) is 12.3 Å². The molecule has 0 spiro atoms. The van der Waals surface area contributed by atoms with Crippen LogP contribution in [0.1, 0.15) is 24.8 Å². The minimum atomic E-state index is 0.895. The first-order valence-corrected chi connectivity index (χ1v) is 6.30. The lowest BCUT2D eigenvalue weighted by Crippen LogP contribution is -2.29. The lowest BCUT2D eigenvalue weighted by Gasteiger charge is -2.26. The third-order valence-electron chi connectivity index (χ3n) is 3.23. The van der Waals surface area contributed by atoms with Crippen molar-refractivity contribution in [1.82, 2.24) is 4.90 Å². The van der Waals surface area contributed by atoms with Crippen LogP contribution in [0, 0.1) is 12.3 Å². The van der Waals surface area contributed by atoms with Crippen LogP contribution in [0.2, 0.25) is 0 Å². The lowest BCUT2D eigenvalue weighted by atomic mass is 9.99. The molecule has 0 radical (unpaired) electrons. The van der Waals surface area contributed by atoms with Crippen LogP contribution < -0.4 is 0 Å². The van der Waals surface area contributed by atoms with Crippen molar-refractivity contribution < 1.29 is 0 Å². The van der Waals surface area contributed by atoms with E-state index in [0.29, 0.717) is 0 Å². The second-order valence-corrected chi connectivity index (χ2v) is 4.45. The molecule has 1 aliphatic heterocycles. The summed E-state index contributed by atoms with van der Waals surface area (Å²) in [5.41, 5.74) is 2.86. The minimum Gasteiger partial charge on any atom is -0.299 e. The molecule has 1 aliphatic rings. The van der Waals surface area contributed by atoms with Crippen LogP contribution in [0.25, 0.3) is 5.57 Å². The van der Waals surface area contributed by atoms with E-state index < -0.39 is 0 Å². The molecular formula is C16H19N. The Morgan fingerprint density at radius 1 is 1.24 bits per heavy atom. The van der Waals surface area contributed by atoms with Gasteiger partial charge < -0.3 is 0 Å². The van der Waals surface area contributed by atoms with Crippen LogP contribution in [0.5, 0.6) is 0 Å². The Balaban J connectivity index is 1.88. The molecule has 0 saturated carbocycles. The van der Waals surface area contributed by atoms with Gasteiger partial charge in [0.25, 0.3) is 0 Å². The topological polar surface area (TPSA) is 3.24 Å². The first-order chi connectivity index (χ1) is 8.40. The van der Waals surface area contributed by atoms with E-state index >= 15 is 0 Å². The van der Waals surface area contributed by atoms with E-state index in [9.17, 15) is 0 Å². The maximum Gasteiger partial charge on any atom is 0.0169 e. The fourth-order valence-electron chi connectivity index (χ4n) is 2.23. The fraction of sp³-hybridized carbons (Fsp3) is 0.375.